The van der Waals surface area contributed by atoms with Gasteiger partial charge in [-0.1, -0.05) is 0 Å². The Bertz CT molecular complexity index is 33.8. The van der Waals surface area contributed by atoms with Crippen molar-refractivity contribution in [1.29, 1.82) is 0 Å². The minimum Gasteiger partial charge on any atom is -0.328 e. The minimum absolute atomic E-state index is 0. The van der Waals surface area contributed by atoms with E-state index in [1.54, 1.807) is 0 Å². The van der Waals surface area contributed by atoms with E-state index in [9.17, 15) is 0 Å². The summed E-state index contributed by atoms with van der Waals surface area (Å²) in [6.45, 7) is 0. The van der Waals surface area contributed by atoms with Gasteiger partial charge in [-0.3, -0.25) is 0 Å². The van der Waals surface area contributed by atoms with Crippen LogP contribution < -0.4 is 0 Å². The van der Waals surface area contributed by atoms with Crippen molar-refractivity contribution in [2.75, 3.05) is 0 Å². The summed E-state index contributed by atoms with van der Waals surface area (Å²) >= 11 is 0. The Kier molecular flexibility index (Phi) is 25.5. The van der Waals surface area contributed by atoms with Crippen LogP contribution in [0.5, 0.6) is 0 Å². The molecular formula is HNO3TbY. The third kappa shape index (κ3) is 46.6. The normalized spacial score (nSPS) is 4.00. The molecule has 0 heterocycles. The van der Waals surface area contributed by atoms with Crippen molar-refractivity contribution in [1.82, 2.24) is 0 Å². The van der Waals surface area contributed by atoms with Gasteiger partial charge in [0.25, 0.3) is 5.09 Å². The van der Waals surface area contributed by atoms with Gasteiger partial charge in [0, 0.05) is 71.3 Å². The van der Waals surface area contributed by atoms with E-state index in [1.807, 2.05) is 0 Å². The summed E-state index contributed by atoms with van der Waals surface area (Å²) in [4.78, 5) is 8.36. The number of rotatable bonds is 0. The van der Waals surface area contributed by atoms with E-state index >= 15 is 0 Å². The molecule has 0 bridgehead atoms. The van der Waals surface area contributed by atoms with E-state index in [4.69, 9.17) is 15.3 Å². The molecular weight excluding hydrogens is 310 g/mol. The number of nitrogens with zero attached hydrogens (tertiary/aromatic N) is 1. The molecule has 0 aromatic carbocycles. The largest absolute Gasteiger partial charge is 0.328 e. The van der Waals surface area contributed by atoms with Gasteiger partial charge in [-0.15, -0.1) is 10.1 Å². The first-order valence-corrected chi connectivity index (χ1v) is 0.565. The Balaban J connectivity index is -0.0000000450. The molecule has 0 rings (SSSR count). The first kappa shape index (κ1) is 15.6. The predicted molar refractivity (Wildman–Crippen MR) is 8.78 cm³/mol. The van der Waals surface area contributed by atoms with Crippen LogP contribution in [-0.4, -0.2) is 10.3 Å². The summed E-state index contributed by atoms with van der Waals surface area (Å²) in [5.74, 6) is 0. The fourth-order valence-corrected chi connectivity index (χ4v) is 0. The van der Waals surface area contributed by atoms with Crippen LogP contribution in [0.25, 0.3) is 0 Å². The second-order valence-electron chi connectivity index (χ2n) is 0.238. The maximum atomic E-state index is 8.36. The first-order valence-electron chi connectivity index (χ1n) is 0.565. The molecule has 1 N–H and O–H groups in total. The van der Waals surface area contributed by atoms with Crippen LogP contribution in [0, 0.1) is 48.7 Å². The van der Waals surface area contributed by atoms with Gasteiger partial charge in [-0.25, -0.2) is 0 Å². The molecule has 0 fully saturated rings. The number of hydrogen-bond donors (Lipinski definition) is 1. The summed E-state index contributed by atoms with van der Waals surface area (Å²) < 4.78 is 0. The minimum atomic E-state index is -1.50. The zero-order chi connectivity index (χ0) is 3.58. The van der Waals surface area contributed by atoms with Crippen molar-refractivity contribution in [2.24, 2.45) is 0 Å². The average molecular weight is 311 g/mol. The third-order valence-corrected chi connectivity index (χ3v) is 0. The van der Waals surface area contributed by atoms with E-state index in [-0.39, 0.29) is 71.3 Å². The zero-order valence-corrected chi connectivity index (χ0v) is 7.60. The quantitative estimate of drug-likeness (QED) is 0.491. The predicted octanol–water partition coefficient (Wildman–Crippen LogP) is -0.350. The van der Waals surface area contributed by atoms with Gasteiger partial charge in [0.05, 0.1) is 0 Å². The van der Waals surface area contributed by atoms with Gasteiger partial charge in [0.15, 0.2) is 0 Å². The smallest absolute Gasteiger partial charge is 0.291 e. The number of hydrogen-bond acceptors (Lipinski definition) is 2. The molecule has 0 saturated carbocycles. The second-order valence-corrected chi connectivity index (χ2v) is 0.238. The van der Waals surface area contributed by atoms with E-state index in [2.05, 4.69) is 0 Å². The molecule has 0 atom stereocenters. The second kappa shape index (κ2) is 9.77. The molecule has 36 valence electrons. The third-order valence-electron chi connectivity index (χ3n) is 0. The molecule has 2 radical (unpaired) electrons. The van der Waals surface area contributed by atoms with Crippen molar-refractivity contribution < 1.29 is 81.6 Å². The maximum Gasteiger partial charge on any atom is 0.291 e. The van der Waals surface area contributed by atoms with E-state index in [0.717, 1.165) is 0 Å². The standard InChI is InChI=1S/HNO3.Tb.Y/c2-1(3)4;;/h(H,2,3,4);;. The van der Waals surface area contributed by atoms with E-state index in [1.165, 1.54) is 0 Å². The van der Waals surface area contributed by atoms with Gasteiger partial charge >= 0.3 is 0 Å². The fraction of sp³-hybridized carbons (Fsp3) is 0. The zero-order valence-electron chi connectivity index (χ0n) is 2.62. The van der Waals surface area contributed by atoms with Gasteiger partial charge < -0.3 is 5.21 Å². The van der Waals surface area contributed by atoms with Crippen LogP contribution in [0.2, 0.25) is 0 Å². The summed E-state index contributed by atoms with van der Waals surface area (Å²) in [5.41, 5.74) is 0. The molecule has 0 saturated heterocycles. The Morgan fingerprint density at radius 1 is 1.67 bits per heavy atom. The van der Waals surface area contributed by atoms with Crippen molar-refractivity contribution in [2.45, 2.75) is 0 Å². The Hall–Kier alpha value is 1.59. The summed E-state index contributed by atoms with van der Waals surface area (Å²) in [7, 11) is 0. The summed E-state index contributed by atoms with van der Waals surface area (Å²) in [6, 6.07) is 0. The van der Waals surface area contributed by atoms with Crippen LogP contribution in [-0.2, 0) is 32.7 Å². The van der Waals surface area contributed by atoms with Crippen LogP contribution in [0.3, 0.4) is 0 Å². The fourth-order valence-electron chi connectivity index (χ4n) is 0. The van der Waals surface area contributed by atoms with Gasteiger partial charge in [-0.2, -0.15) is 0 Å². The van der Waals surface area contributed by atoms with E-state index < -0.39 is 5.09 Å². The van der Waals surface area contributed by atoms with Crippen LogP contribution in [0.1, 0.15) is 0 Å². The van der Waals surface area contributed by atoms with Crippen molar-refractivity contribution in [3.05, 3.63) is 10.1 Å². The molecule has 0 aromatic heterocycles. The molecule has 4 nitrogen and oxygen atoms in total. The topological polar surface area (TPSA) is 63.4 Å². The molecule has 6 heteroatoms. The van der Waals surface area contributed by atoms with E-state index in [0.29, 0.717) is 0 Å². The van der Waals surface area contributed by atoms with Crippen LogP contribution in [0.15, 0.2) is 0 Å². The first-order chi connectivity index (χ1) is 1.73. The Morgan fingerprint density at radius 2 is 1.67 bits per heavy atom. The Labute approximate surface area is 90.1 Å². The van der Waals surface area contributed by atoms with Gasteiger partial charge in [0.2, 0.25) is 0 Å². The molecule has 0 aliphatic rings. The SMILES string of the molecule is O=[N+]([O-])O.[Tb].[Y]. The van der Waals surface area contributed by atoms with Gasteiger partial charge in [0.1, 0.15) is 0 Å². The van der Waals surface area contributed by atoms with Crippen molar-refractivity contribution >= 4 is 0 Å². The molecule has 0 aliphatic heterocycles. The van der Waals surface area contributed by atoms with Crippen LogP contribution >= 0.6 is 0 Å². The van der Waals surface area contributed by atoms with Crippen molar-refractivity contribution in [3.8, 4) is 0 Å². The van der Waals surface area contributed by atoms with Gasteiger partial charge in [-0.05, 0) is 0 Å². The maximum absolute atomic E-state index is 8.36. The molecule has 0 spiro atoms. The average Bonchev–Trinajstić information content (AvgIpc) is 0.811. The molecule has 0 aromatic rings. The Morgan fingerprint density at radius 3 is 1.67 bits per heavy atom. The van der Waals surface area contributed by atoms with Crippen LogP contribution in [0.4, 0.5) is 0 Å². The van der Waals surface area contributed by atoms with Crippen molar-refractivity contribution in [3.63, 3.8) is 0 Å². The molecule has 6 heavy (non-hydrogen) atoms. The monoisotopic (exact) mass is 311 g/mol. The molecule has 0 unspecified atom stereocenters. The molecule has 0 amide bonds. The summed E-state index contributed by atoms with van der Waals surface area (Å²) in [5, 5.41) is 13.6. The summed E-state index contributed by atoms with van der Waals surface area (Å²) in [6.07, 6.45) is 0. The molecule has 0 aliphatic carbocycles.